The van der Waals surface area contributed by atoms with Crippen LogP contribution in [0.2, 0.25) is 0 Å². The summed E-state index contributed by atoms with van der Waals surface area (Å²) in [6, 6.07) is 11.9. The number of fused-ring (bicyclic) bond motifs is 1. The van der Waals surface area contributed by atoms with Crippen LogP contribution in [0.1, 0.15) is 31.1 Å². The number of rotatable bonds is 8. The highest BCUT2D eigenvalue weighted by Gasteiger charge is 2.19. The lowest BCUT2D eigenvalue weighted by Crippen LogP contribution is -2.09. The molecule has 0 N–H and O–H groups in total. The second-order valence-corrected chi connectivity index (χ2v) is 8.55. The Kier molecular flexibility index (Phi) is 5.99. The van der Waals surface area contributed by atoms with Crippen molar-refractivity contribution in [2.75, 3.05) is 5.75 Å². The van der Waals surface area contributed by atoms with E-state index in [9.17, 15) is 4.79 Å². The van der Waals surface area contributed by atoms with Gasteiger partial charge in [-0.15, -0.1) is 10.2 Å². The zero-order valence-corrected chi connectivity index (χ0v) is 18.3. The Morgan fingerprint density at radius 3 is 2.60 bits per heavy atom. The molecule has 154 valence electrons. The molecule has 0 amide bonds. The molecule has 0 radical (unpaired) electrons. The first-order valence-corrected chi connectivity index (χ1v) is 11.1. The van der Waals surface area contributed by atoms with Crippen molar-refractivity contribution in [3.05, 3.63) is 60.6 Å². The number of Topliss-reactive ketones (excluding diaryl/α,β-unsaturated/α-hetero) is 1. The summed E-state index contributed by atoms with van der Waals surface area (Å²) >= 11 is 1.45. The summed E-state index contributed by atoms with van der Waals surface area (Å²) in [5, 5.41) is 10.6. The molecule has 0 unspecified atom stereocenters. The minimum absolute atomic E-state index is 0.105. The summed E-state index contributed by atoms with van der Waals surface area (Å²) in [7, 11) is 0. The molecular weight excluding hydrogens is 394 g/mol. The Bertz CT molecular complexity index is 1160. The van der Waals surface area contributed by atoms with Gasteiger partial charge < -0.3 is 9.13 Å². The first kappa shape index (κ1) is 20.3. The van der Waals surface area contributed by atoms with Gasteiger partial charge in [0.1, 0.15) is 0 Å². The molecule has 0 fully saturated rings. The first-order valence-electron chi connectivity index (χ1n) is 10.2. The largest absolute Gasteiger partial charge is 0.347 e. The lowest BCUT2D eigenvalue weighted by atomic mass is 10.1. The van der Waals surface area contributed by atoms with E-state index in [1.165, 1.54) is 11.8 Å². The molecule has 0 aliphatic rings. The number of ketones is 1. The normalized spacial score (nSPS) is 11.5. The van der Waals surface area contributed by atoms with Crippen molar-refractivity contribution >= 4 is 28.4 Å². The number of hydrogen-bond acceptors (Lipinski definition) is 5. The standard InChI is InChI=1S/C23H25N5OS/c1-4-27-14-19(18-7-5-6-8-20(18)27)21(29)15-30-23-26-25-22(28(23)13-16(2)3)17-9-11-24-12-10-17/h5-12,14,16H,4,13,15H2,1-3H3. The van der Waals surface area contributed by atoms with Gasteiger partial charge in [-0.05, 0) is 31.0 Å². The second kappa shape index (κ2) is 8.83. The Labute approximate surface area is 180 Å². The van der Waals surface area contributed by atoms with Gasteiger partial charge in [-0.2, -0.15) is 0 Å². The zero-order chi connectivity index (χ0) is 21.1. The summed E-state index contributed by atoms with van der Waals surface area (Å²) in [5.74, 6) is 1.67. The fourth-order valence-electron chi connectivity index (χ4n) is 3.58. The second-order valence-electron chi connectivity index (χ2n) is 7.60. The molecule has 0 aliphatic carbocycles. The molecule has 0 bridgehead atoms. The first-order chi connectivity index (χ1) is 14.6. The minimum Gasteiger partial charge on any atom is -0.347 e. The number of aromatic nitrogens is 5. The lowest BCUT2D eigenvalue weighted by Gasteiger charge is -2.12. The average Bonchev–Trinajstić information content (AvgIpc) is 3.33. The molecule has 0 saturated heterocycles. The van der Waals surface area contributed by atoms with Gasteiger partial charge in [0.25, 0.3) is 0 Å². The average molecular weight is 420 g/mol. The van der Waals surface area contributed by atoms with Gasteiger partial charge in [-0.25, -0.2) is 0 Å². The maximum absolute atomic E-state index is 13.1. The van der Waals surface area contributed by atoms with Crippen LogP contribution in [0, 0.1) is 5.92 Å². The third kappa shape index (κ3) is 4.03. The molecule has 7 heteroatoms. The van der Waals surface area contributed by atoms with Crippen molar-refractivity contribution in [3.8, 4) is 11.4 Å². The number of thioether (sulfide) groups is 1. The number of carbonyl (C=O) groups excluding carboxylic acids is 1. The van der Waals surface area contributed by atoms with Crippen LogP contribution in [0.25, 0.3) is 22.3 Å². The molecule has 4 aromatic rings. The molecule has 0 atom stereocenters. The summed E-state index contributed by atoms with van der Waals surface area (Å²) in [5.41, 5.74) is 2.84. The number of benzene rings is 1. The molecular formula is C23H25N5OS. The summed E-state index contributed by atoms with van der Waals surface area (Å²) < 4.78 is 4.23. The summed E-state index contributed by atoms with van der Waals surface area (Å²) in [4.78, 5) is 17.2. The van der Waals surface area contributed by atoms with Gasteiger partial charge in [0.2, 0.25) is 0 Å². The van der Waals surface area contributed by atoms with E-state index in [0.717, 1.165) is 46.1 Å². The van der Waals surface area contributed by atoms with E-state index >= 15 is 0 Å². The van der Waals surface area contributed by atoms with Crippen LogP contribution in [-0.4, -0.2) is 35.9 Å². The quantitative estimate of drug-likeness (QED) is 0.299. The van der Waals surface area contributed by atoms with E-state index in [-0.39, 0.29) is 5.78 Å². The van der Waals surface area contributed by atoms with Crippen LogP contribution in [0.15, 0.2) is 60.1 Å². The molecule has 1 aromatic carbocycles. The topological polar surface area (TPSA) is 65.6 Å². The molecule has 6 nitrogen and oxygen atoms in total. The highest BCUT2D eigenvalue weighted by Crippen LogP contribution is 2.27. The van der Waals surface area contributed by atoms with E-state index in [1.807, 2.05) is 36.5 Å². The molecule has 0 aliphatic heterocycles. The number of aryl methyl sites for hydroxylation is 1. The lowest BCUT2D eigenvalue weighted by molar-refractivity contribution is 0.102. The van der Waals surface area contributed by atoms with Crippen molar-refractivity contribution in [1.29, 1.82) is 0 Å². The molecule has 4 rings (SSSR count). The van der Waals surface area contributed by atoms with E-state index < -0.39 is 0 Å². The van der Waals surface area contributed by atoms with Crippen molar-refractivity contribution in [2.24, 2.45) is 5.92 Å². The minimum atomic E-state index is 0.105. The van der Waals surface area contributed by atoms with Crippen LogP contribution in [0.4, 0.5) is 0 Å². The number of carbonyl (C=O) groups is 1. The van der Waals surface area contributed by atoms with Crippen molar-refractivity contribution in [3.63, 3.8) is 0 Å². The SMILES string of the molecule is CCn1cc(C(=O)CSc2nnc(-c3ccncc3)n2CC(C)C)c2ccccc21. The maximum Gasteiger partial charge on any atom is 0.191 e. The fourth-order valence-corrected chi connectivity index (χ4v) is 4.41. The van der Waals surface area contributed by atoms with E-state index in [1.54, 1.807) is 12.4 Å². The fraction of sp³-hybridized carbons (Fsp3) is 0.304. The zero-order valence-electron chi connectivity index (χ0n) is 17.4. The number of pyridine rings is 1. The molecule has 30 heavy (non-hydrogen) atoms. The van der Waals surface area contributed by atoms with Crippen LogP contribution in [0.5, 0.6) is 0 Å². The summed E-state index contributed by atoms with van der Waals surface area (Å²) in [6.07, 6.45) is 5.47. The van der Waals surface area contributed by atoms with Crippen molar-refractivity contribution in [2.45, 2.75) is 39.0 Å². The van der Waals surface area contributed by atoms with Gasteiger partial charge in [0.15, 0.2) is 16.8 Å². The van der Waals surface area contributed by atoms with Crippen LogP contribution in [0.3, 0.4) is 0 Å². The highest BCUT2D eigenvalue weighted by atomic mass is 32.2. The summed E-state index contributed by atoms with van der Waals surface area (Å²) in [6.45, 7) is 8.03. The van der Waals surface area contributed by atoms with Gasteiger partial charge in [-0.3, -0.25) is 9.78 Å². The molecule has 0 saturated carbocycles. The Hall–Kier alpha value is -2.93. The van der Waals surface area contributed by atoms with Crippen molar-refractivity contribution in [1.82, 2.24) is 24.3 Å². The Morgan fingerprint density at radius 1 is 1.10 bits per heavy atom. The van der Waals surface area contributed by atoms with E-state index in [4.69, 9.17) is 0 Å². The smallest absolute Gasteiger partial charge is 0.191 e. The monoisotopic (exact) mass is 419 g/mol. The van der Waals surface area contributed by atoms with Gasteiger partial charge in [-0.1, -0.05) is 43.8 Å². The van der Waals surface area contributed by atoms with Gasteiger partial charge >= 0.3 is 0 Å². The third-order valence-corrected chi connectivity index (χ3v) is 5.93. The van der Waals surface area contributed by atoms with E-state index in [2.05, 4.69) is 51.2 Å². The number of nitrogens with zero attached hydrogens (tertiary/aromatic N) is 5. The van der Waals surface area contributed by atoms with Crippen molar-refractivity contribution < 1.29 is 4.79 Å². The Balaban J connectivity index is 1.60. The van der Waals surface area contributed by atoms with Crippen LogP contribution in [-0.2, 0) is 13.1 Å². The maximum atomic E-state index is 13.1. The third-order valence-electron chi connectivity index (χ3n) is 4.97. The van der Waals surface area contributed by atoms with Gasteiger partial charge in [0, 0.05) is 53.7 Å². The molecule has 0 spiro atoms. The number of para-hydroxylation sites is 1. The highest BCUT2D eigenvalue weighted by molar-refractivity contribution is 7.99. The van der Waals surface area contributed by atoms with E-state index in [0.29, 0.717) is 11.7 Å². The van der Waals surface area contributed by atoms with Crippen LogP contribution >= 0.6 is 11.8 Å². The van der Waals surface area contributed by atoms with Gasteiger partial charge in [0.05, 0.1) is 5.75 Å². The molecule has 3 aromatic heterocycles. The predicted molar refractivity (Wildman–Crippen MR) is 121 cm³/mol. The Morgan fingerprint density at radius 2 is 1.87 bits per heavy atom. The molecule has 3 heterocycles. The number of hydrogen-bond donors (Lipinski definition) is 0. The van der Waals surface area contributed by atoms with Crippen LogP contribution < -0.4 is 0 Å². The predicted octanol–water partition coefficient (Wildman–Crippen LogP) is 4.95.